The van der Waals surface area contributed by atoms with E-state index in [-0.39, 0.29) is 0 Å². The van der Waals surface area contributed by atoms with Gasteiger partial charge in [0.15, 0.2) is 11.5 Å². The molecule has 0 saturated heterocycles. The first-order valence-electron chi connectivity index (χ1n) is 5.74. The normalized spacial score (nSPS) is 10.0. The number of benzene rings is 2. The molecule has 0 aromatic heterocycles. The molecule has 4 heteroatoms. The molecule has 98 valence electrons. The minimum Gasteiger partial charge on any atom is -0.493 e. The van der Waals surface area contributed by atoms with E-state index in [4.69, 9.17) is 21.1 Å². The van der Waals surface area contributed by atoms with Crippen LogP contribution in [0.5, 0.6) is 11.5 Å². The summed E-state index contributed by atoms with van der Waals surface area (Å²) in [6.07, 6.45) is 0. The molecular weight excluding hydrogens is 264 g/mol. The van der Waals surface area contributed by atoms with E-state index in [0.29, 0.717) is 22.9 Å². The summed E-state index contributed by atoms with van der Waals surface area (Å²) in [5.74, 6) is 0.827. The third-order valence-corrected chi connectivity index (χ3v) is 2.90. The molecule has 0 heterocycles. The Morgan fingerprint density at radius 3 is 2.47 bits per heavy atom. The number of alkyl halides is 1. The zero-order valence-corrected chi connectivity index (χ0v) is 11.2. The topological polar surface area (TPSA) is 35.5 Å². The summed E-state index contributed by atoms with van der Waals surface area (Å²) in [5, 5.41) is 0. The highest BCUT2D eigenvalue weighted by Gasteiger charge is 2.12. The molecule has 0 spiro atoms. The van der Waals surface area contributed by atoms with Crippen LogP contribution in [0.15, 0.2) is 48.5 Å². The molecule has 2 aromatic carbocycles. The van der Waals surface area contributed by atoms with Crippen molar-refractivity contribution in [2.45, 2.75) is 5.88 Å². The highest BCUT2D eigenvalue weighted by molar-refractivity contribution is 6.17. The van der Waals surface area contributed by atoms with E-state index in [9.17, 15) is 4.79 Å². The van der Waals surface area contributed by atoms with Crippen LogP contribution >= 0.6 is 11.6 Å². The molecule has 3 nitrogen and oxygen atoms in total. The summed E-state index contributed by atoms with van der Waals surface area (Å²) in [7, 11) is 1.52. The summed E-state index contributed by atoms with van der Waals surface area (Å²) in [5.41, 5.74) is 1.39. The second-order valence-electron chi connectivity index (χ2n) is 3.87. The number of methoxy groups -OCH3 is 1. The van der Waals surface area contributed by atoms with Crippen LogP contribution in [0.2, 0.25) is 0 Å². The molecule has 2 aromatic rings. The van der Waals surface area contributed by atoms with Gasteiger partial charge in [0.05, 0.1) is 12.7 Å². The zero-order chi connectivity index (χ0) is 13.7. The number of halogens is 1. The van der Waals surface area contributed by atoms with Crippen LogP contribution in [0, 0.1) is 0 Å². The molecule has 0 amide bonds. The van der Waals surface area contributed by atoms with Gasteiger partial charge in [-0.25, -0.2) is 4.79 Å². The van der Waals surface area contributed by atoms with Crippen LogP contribution in [-0.2, 0) is 5.88 Å². The Hall–Kier alpha value is -2.00. The lowest BCUT2D eigenvalue weighted by Crippen LogP contribution is -2.09. The Kier molecular flexibility index (Phi) is 4.42. The van der Waals surface area contributed by atoms with Gasteiger partial charge in [-0.1, -0.05) is 24.3 Å². The molecule has 0 aliphatic rings. The predicted molar refractivity (Wildman–Crippen MR) is 74.0 cm³/mol. The monoisotopic (exact) mass is 276 g/mol. The van der Waals surface area contributed by atoms with Gasteiger partial charge in [-0.15, -0.1) is 11.6 Å². The van der Waals surface area contributed by atoms with E-state index in [1.165, 1.54) is 7.11 Å². The Morgan fingerprint density at radius 1 is 1.11 bits per heavy atom. The summed E-state index contributed by atoms with van der Waals surface area (Å²) >= 11 is 5.75. The molecule has 0 bridgehead atoms. The van der Waals surface area contributed by atoms with Crippen LogP contribution in [0.1, 0.15) is 15.9 Å². The molecule has 0 aliphatic heterocycles. The van der Waals surface area contributed by atoms with Crippen LogP contribution in [0.4, 0.5) is 0 Å². The van der Waals surface area contributed by atoms with E-state index < -0.39 is 5.97 Å². The van der Waals surface area contributed by atoms with Crippen molar-refractivity contribution >= 4 is 17.6 Å². The quantitative estimate of drug-likeness (QED) is 0.486. The summed E-state index contributed by atoms with van der Waals surface area (Å²) in [6, 6.07) is 14.0. The van der Waals surface area contributed by atoms with Crippen molar-refractivity contribution in [3.63, 3.8) is 0 Å². The Balaban J connectivity index is 2.21. The smallest absolute Gasteiger partial charge is 0.343 e. The number of hydrogen-bond acceptors (Lipinski definition) is 3. The highest BCUT2D eigenvalue weighted by Crippen LogP contribution is 2.29. The van der Waals surface area contributed by atoms with Crippen molar-refractivity contribution in [2.24, 2.45) is 0 Å². The Labute approximate surface area is 116 Å². The Morgan fingerprint density at radius 2 is 1.84 bits per heavy atom. The first-order chi connectivity index (χ1) is 9.24. The lowest BCUT2D eigenvalue weighted by Gasteiger charge is -2.10. The van der Waals surface area contributed by atoms with Crippen LogP contribution in [-0.4, -0.2) is 13.1 Å². The molecule has 0 fully saturated rings. The fourth-order valence-electron chi connectivity index (χ4n) is 1.61. The largest absolute Gasteiger partial charge is 0.493 e. The maximum absolute atomic E-state index is 11.9. The summed E-state index contributed by atoms with van der Waals surface area (Å²) in [6.45, 7) is 0. The standard InChI is InChI=1S/C15H13ClO3/c1-18-14-9-11(10-16)7-8-13(14)19-15(17)12-5-3-2-4-6-12/h2-9H,10H2,1H3. The number of rotatable bonds is 4. The van der Waals surface area contributed by atoms with Gasteiger partial charge >= 0.3 is 5.97 Å². The van der Waals surface area contributed by atoms with Crippen molar-refractivity contribution in [3.05, 3.63) is 59.7 Å². The first-order valence-corrected chi connectivity index (χ1v) is 6.28. The Bertz CT molecular complexity index is 567. The molecule has 2 rings (SSSR count). The number of esters is 1. The lowest BCUT2D eigenvalue weighted by molar-refractivity contribution is 0.0729. The van der Waals surface area contributed by atoms with Gasteiger partial charge in [-0.3, -0.25) is 0 Å². The minimum atomic E-state index is -0.419. The maximum atomic E-state index is 11.9. The van der Waals surface area contributed by atoms with Crippen LogP contribution in [0.25, 0.3) is 0 Å². The highest BCUT2D eigenvalue weighted by atomic mass is 35.5. The predicted octanol–water partition coefficient (Wildman–Crippen LogP) is 3.65. The number of carbonyl (C=O) groups excluding carboxylic acids is 1. The van der Waals surface area contributed by atoms with Crippen molar-refractivity contribution in [1.82, 2.24) is 0 Å². The fraction of sp³-hybridized carbons (Fsp3) is 0.133. The van der Waals surface area contributed by atoms with Crippen LogP contribution < -0.4 is 9.47 Å². The second-order valence-corrected chi connectivity index (χ2v) is 4.14. The van der Waals surface area contributed by atoms with E-state index in [1.54, 1.807) is 42.5 Å². The molecular formula is C15H13ClO3. The van der Waals surface area contributed by atoms with Crippen molar-refractivity contribution in [1.29, 1.82) is 0 Å². The summed E-state index contributed by atoms with van der Waals surface area (Å²) < 4.78 is 10.5. The average Bonchev–Trinajstić information content (AvgIpc) is 2.48. The molecule has 19 heavy (non-hydrogen) atoms. The number of hydrogen-bond donors (Lipinski definition) is 0. The van der Waals surface area contributed by atoms with Crippen molar-refractivity contribution in [2.75, 3.05) is 7.11 Å². The molecule has 0 N–H and O–H groups in total. The molecule has 0 saturated carbocycles. The SMILES string of the molecule is COc1cc(CCl)ccc1OC(=O)c1ccccc1. The zero-order valence-electron chi connectivity index (χ0n) is 10.4. The van der Waals surface area contributed by atoms with Gasteiger partial charge in [0.2, 0.25) is 0 Å². The van der Waals surface area contributed by atoms with E-state index >= 15 is 0 Å². The first kappa shape index (κ1) is 13.4. The van der Waals surface area contributed by atoms with E-state index in [1.807, 2.05) is 6.07 Å². The van der Waals surface area contributed by atoms with Gasteiger partial charge in [-0.05, 0) is 29.8 Å². The number of ether oxygens (including phenoxy) is 2. The molecule has 0 atom stereocenters. The lowest BCUT2D eigenvalue weighted by atomic mass is 10.2. The average molecular weight is 277 g/mol. The third kappa shape index (κ3) is 3.26. The second kappa shape index (κ2) is 6.25. The van der Waals surface area contributed by atoms with E-state index in [0.717, 1.165) is 5.56 Å². The van der Waals surface area contributed by atoms with Gasteiger partial charge in [0.25, 0.3) is 0 Å². The third-order valence-electron chi connectivity index (χ3n) is 2.59. The van der Waals surface area contributed by atoms with Crippen LogP contribution in [0.3, 0.4) is 0 Å². The van der Waals surface area contributed by atoms with Gasteiger partial charge in [0, 0.05) is 5.88 Å². The van der Waals surface area contributed by atoms with Gasteiger partial charge < -0.3 is 9.47 Å². The minimum absolute atomic E-state index is 0.378. The van der Waals surface area contributed by atoms with Crippen molar-refractivity contribution < 1.29 is 14.3 Å². The molecule has 0 radical (unpaired) electrons. The molecule has 0 aliphatic carbocycles. The van der Waals surface area contributed by atoms with Crippen molar-refractivity contribution in [3.8, 4) is 11.5 Å². The van der Waals surface area contributed by atoms with Gasteiger partial charge in [0.1, 0.15) is 0 Å². The fourth-order valence-corrected chi connectivity index (χ4v) is 1.78. The molecule has 0 unspecified atom stereocenters. The van der Waals surface area contributed by atoms with Gasteiger partial charge in [-0.2, -0.15) is 0 Å². The number of carbonyl (C=O) groups is 1. The van der Waals surface area contributed by atoms with E-state index in [2.05, 4.69) is 0 Å². The maximum Gasteiger partial charge on any atom is 0.343 e. The summed E-state index contributed by atoms with van der Waals surface area (Å²) in [4.78, 5) is 11.9.